The molecule has 1 N–H and O–H groups in total. The Morgan fingerprint density at radius 1 is 2.00 bits per heavy atom. The van der Waals surface area contributed by atoms with Crippen molar-refractivity contribution in [3.05, 3.63) is 6.92 Å². The molecule has 0 spiro atoms. The zero-order chi connectivity index (χ0) is 3.58. The molecule has 0 bridgehead atoms. The molecule has 0 rings (SSSR count). The first-order valence-corrected chi connectivity index (χ1v) is 1.22. The summed E-state index contributed by atoms with van der Waals surface area (Å²) < 4.78 is 0. The summed E-state index contributed by atoms with van der Waals surface area (Å²) in [6.45, 7) is 3.04. The van der Waals surface area contributed by atoms with E-state index >= 15 is 0 Å². The Kier molecular flexibility index (Phi) is 1.20. The van der Waals surface area contributed by atoms with Gasteiger partial charge in [0.05, 0.1) is 5.04 Å². The van der Waals surface area contributed by atoms with Crippen molar-refractivity contribution in [3.8, 4) is 0 Å². The van der Waals surface area contributed by atoms with E-state index in [9.17, 15) is 0 Å². The molecule has 0 atom stereocenters. The van der Waals surface area contributed by atoms with Gasteiger partial charge in [-0.2, -0.15) is 0 Å². The Morgan fingerprint density at radius 2 is 2.00 bits per heavy atom. The van der Waals surface area contributed by atoms with Crippen LogP contribution in [0.2, 0.25) is 0 Å². The summed E-state index contributed by atoms with van der Waals surface area (Å²) in [5, 5.41) is 6.20. The van der Waals surface area contributed by atoms with Crippen molar-refractivity contribution in [1.29, 1.82) is 5.41 Å². The molecule has 0 aromatic rings. The molecule has 0 saturated heterocycles. The van der Waals surface area contributed by atoms with Gasteiger partial charge in [-0.05, 0) is 0 Å². The second-order valence-corrected chi connectivity index (χ2v) is 0.916. The third-order valence-electron chi connectivity index (χ3n) is 0. The molecular weight excluding hydrogens is 70.1 g/mol. The van der Waals surface area contributed by atoms with Gasteiger partial charge in [-0.15, -0.1) is 0 Å². The minimum Gasteiger partial charge on any atom is -0.294 e. The third kappa shape index (κ3) is 124. The smallest absolute Gasteiger partial charge is 0.0944 e. The van der Waals surface area contributed by atoms with Crippen LogP contribution in [-0.2, 0) is 0 Å². The van der Waals surface area contributed by atoms with Gasteiger partial charge in [0, 0.05) is 6.92 Å². The summed E-state index contributed by atoms with van der Waals surface area (Å²) in [4.78, 5) is 0. The van der Waals surface area contributed by atoms with E-state index in [2.05, 4.69) is 19.6 Å². The fourth-order valence-electron chi connectivity index (χ4n) is 0. The van der Waals surface area contributed by atoms with E-state index in [-0.39, 0.29) is 5.04 Å². The Morgan fingerprint density at radius 3 is 2.00 bits per heavy atom. The van der Waals surface area contributed by atoms with Crippen LogP contribution >= 0.6 is 12.6 Å². The van der Waals surface area contributed by atoms with Gasteiger partial charge in [0.15, 0.2) is 0 Å². The van der Waals surface area contributed by atoms with Gasteiger partial charge in [-0.3, -0.25) is 5.41 Å². The van der Waals surface area contributed by atoms with Crippen LogP contribution in [0.5, 0.6) is 0 Å². The molecule has 0 fully saturated rings. The molecule has 0 amide bonds. The van der Waals surface area contributed by atoms with Gasteiger partial charge in [0.25, 0.3) is 0 Å². The molecule has 0 saturated carbocycles. The maximum Gasteiger partial charge on any atom is 0.0944 e. The molecule has 0 aromatic heterocycles. The number of rotatable bonds is 0. The summed E-state index contributed by atoms with van der Waals surface area (Å²) in [6, 6.07) is 0. The fourth-order valence-corrected chi connectivity index (χ4v) is 0. The average molecular weight is 73.1 g/mol. The standard InChI is InChI=1S/C2H3NS/c1-2(3)4/h3H,1H2. The fraction of sp³-hybridized carbons (Fsp3) is 0. The van der Waals surface area contributed by atoms with Gasteiger partial charge in [0.2, 0.25) is 0 Å². The number of hydrogen-bond donors (Lipinski definition) is 1. The lowest BCUT2D eigenvalue weighted by atomic mass is 10.9. The van der Waals surface area contributed by atoms with E-state index < -0.39 is 0 Å². The first-order valence-electron chi connectivity index (χ1n) is 0.808. The molecule has 1 nitrogen and oxygen atoms in total. The zero-order valence-corrected chi connectivity index (χ0v) is 2.93. The van der Waals surface area contributed by atoms with Gasteiger partial charge < -0.3 is 0 Å². The average Bonchev–Trinajstić information content (AvgIpc) is 0.811. The molecular formula is C2H3NS. The van der Waals surface area contributed by atoms with Crippen LogP contribution in [0.3, 0.4) is 0 Å². The van der Waals surface area contributed by atoms with E-state index in [1.54, 1.807) is 0 Å². The van der Waals surface area contributed by atoms with E-state index in [4.69, 9.17) is 5.41 Å². The van der Waals surface area contributed by atoms with Crippen LogP contribution in [-0.4, -0.2) is 5.04 Å². The van der Waals surface area contributed by atoms with Crippen LogP contribution in [0, 0.1) is 12.3 Å². The van der Waals surface area contributed by atoms with E-state index in [0.29, 0.717) is 0 Å². The van der Waals surface area contributed by atoms with Crippen molar-refractivity contribution in [1.82, 2.24) is 0 Å². The minimum atomic E-state index is 0.000000000000000222. The van der Waals surface area contributed by atoms with E-state index in [0.717, 1.165) is 0 Å². The molecule has 2 heteroatoms. The van der Waals surface area contributed by atoms with Gasteiger partial charge in [-0.1, -0.05) is 12.6 Å². The lowest BCUT2D eigenvalue weighted by Gasteiger charge is -1.58. The van der Waals surface area contributed by atoms with Crippen molar-refractivity contribution in [2.45, 2.75) is 0 Å². The molecule has 0 aromatic carbocycles. The van der Waals surface area contributed by atoms with Crippen molar-refractivity contribution in [3.63, 3.8) is 0 Å². The Hall–Kier alpha value is -0.110. The first-order chi connectivity index (χ1) is 1.73. The number of hydrogen-bond acceptors (Lipinski definition) is 1. The molecule has 0 aliphatic heterocycles. The van der Waals surface area contributed by atoms with Gasteiger partial charge in [0.1, 0.15) is 0 Å². The Balaban J connectivity index is 2.80. The highest BCUT2D eigenvalue weighted by Crippen LogP contribution is 1.66. The maximum atomic E-state index is 6.20. The molecule has 4 heavy (non-hydrogen) atoms. The number of nitrogens with one attached hydrogen (secondary N) is 1. The normalized spacial score (nSPS) is 6.25. The first kappa shape index (κ1) is 3.89. The van der Waals surface area contributed by atoms with Gasteiger partial charge >= 0.3 is 0 Å². The van der Waals surface area contributed by atoms with Crippen LogP contribution in [0.25, 0.3) is 0 Å². The van der Waals surface area contributed by atoms with E-state index in [1.165, 1.54) is 0 Å². The summed E-state index contributed by atoms with van der Waals surface area (Å²) in [6.07, 6.45) is 0. The lowest BCUT2D eigenvalue weighted by Crippen LogP contribution is -1.61. The summed E-state index contributed by atoms with van der Waals surface area (Å²) in [7, 11) is 0. The second-order valence-electron chi connectivity index (χ2n) is 0.423. The van der Waals surface area contributed by atoms with E-state index in [1.807, 2.05) is 0 Å². The Bertz CT molecular complexity index is 29.0. The quantitative estimate of drug-likeness (QED) is 0.326. The highest BCUT2D eigenvalue weighted by atomic mass is 32.1. The predicted molar refractivity (Wildman–Crippen MR) is 20.7 cm³/mol. The van der Waals surface area contributed by atoms with Crippen LogP contribution in [0.15, 0.2) is 0 Å². The maximum absolute atomic E-state index is 6.20. The molecule has 2 radical (unpaired) electrons. The highest BCUT2D eigenvalue weighted by molar-refractivity contribution is 7.97. The predicted octanol–water partition coefficient (Wildman–Crippen LogP) is 0.995. The Labute approximate surface area is 30.9 Å². The third-order valence-corrected chi connectivity index (χ3v) is 0. The topological polar surface area (TPSA) is 23.9 Å². The lowest BCUT2D eigenvalue weighted by molar-refractivity contribution is 1.57. The molecule has 0 aliphatic carbocycles. The van der Waals surface area contributed by atoms with Crippen molar-refractivity contribution in [2.24, 2.45) is 0 Å². The summed E-state index contributed by atoms with van der Waals surface area (Å²) in [5.74, 6) is 0. The van der Waals surface area contributed by atoms with Crippen LogP contribution < -0.4 is 0 Å². The monoisotopic (exact) mass is 73.0 g/mol. The van der Waals surface area contributed by atoms with Gasteiger partial charge in [-0.25, -0.2) is 0 Å². The SMILES string of the molecule is [CH2]C(=N)[S]. The van der Waals surface area contributed by atoms with Crippen molar-refractivity contribution >= 4 is 17.7 Å². The largest absolute Gasteiger partial charge is 0.294 e. The molecule has 22 valence electrons. The summed E-state index contributed by atoms with van der Waals surface area (Å²) in [5.41, 5.74) is 0. The van der Waals surface area contributed by atoms with Crippen molar-refractivity contribution < 1.29 is 0 Å². The zero-order valence-electron chi connectivity index (χ0n) is 2.12. The second kappa shape index (κ2) is 1.24. The highest BCUT2D eigenvalue weighted by Gasteiger charge is 1.59. The van der Waals surface area contributed by atoms with Crippen molar-refractivity contribution in [2.75, 3.05) is 0 Å². The van der Waals surface area contributed by atoms with Crippen LogP contribution in [0.4, 0.5) is 0 Å². The minimum absolute atomic E-state index is 0.000000000000000222. The molecule has 0 aliphatic rings. The molecule has 0 heterocycles. The molecule has 0 unspecified atom stereocenters. The summed E-state index contributed by atoms with van der Waals surface area (Å²) >= 11 is 4.09. The van der Waals surface area contributed by atoms with Crippen LogP contribution in [0.1, 0.15) is 0 Å².